The Morgan fingerprint density at radius 1 is 1.07 bits per heavy atom. The minimum Gasteiger partial charge on any atom is -0.493 e. The summed E-state index contributed by atoms with van der Waals surface area (Å²) in [5.41, 5.74) is 1.23. The molecule has 0 saturated heterocycles. The highest BCUT2D eigenvalue weighted by Gasteiger charge is 2.14. The average molecular weight is 412 g/mol. The number of allylic oxidation sites excluding steroid dienone is 1. The lowest BCUT2D eigenvalue weighted by atomic mass is 10.0. The lowest BCUT2D eigenvalue weighted by molar-refractivity contribution is 0.280. The Morgan fingerprint density at radius 3 is 2.41 bits per heavy atom. The number of methoxy groups -OCH3 is 1. The van der Waals surface area contributed by atoms with E-state index in [1.807, 2.05) is 6.07 Å². The van der Waals surface area contributed by atoms with Gasteiger partial charge in [-0.15, -0.1) is 0 Å². The topological polar surface area (TPSA) is 42.2 Å². The van der Waals surface area contributed by atoms with Crippen LogP contribution in [0.2, 0.25) is 5.02 Å². The van der Waals surface area contributed by atoms with Gasteiger partial charge in [0.05, 0.1) is 23.8 Å². The predicted octanol–water partition coefficient (Wildman–Crippen LogP) is 6.27. The molecule has 0 saturated carbocycles. The van der Waals surface area contributed by atoms with E-state index in [-0.39, 0.29) is 34.3 Å². The third-order valence-electron chi connectivity index (χ3n) is 4.18. The number of nitriles is 1. The number of halogens is 3. The second-order valence-electron chi connectivity index (χ2n) is 6.06. The molecule has 0 heterocycles. The lowest BCUT2D eigenvalue weighted by Crippen LogP contribution is -2.01. The summed E-state index contributed by atoms with van der Waals surface area (Å²) >= 11 is 6.34. The number of benzene rings is 3. The van der Waals surface area contributed by atoms with E-state index >= 15 is 0 Å². The Morgan fingerprint density at radius 2 is 1.76 bits per heavy atom. The molecule has 3 aromatic rings. The minimum atomic E-state index is -0.497. The number of hydrogen-bond acceptors (Lipinski definition) is 3. The smallest absolute Gasteiger partial charge is 0.180 e. The Kier molecular flexibility index (Phi) is 6.48. The SMILES string of the molecule is COc1cc(C=C(C#N)c2ccccc2F)cc(Cl)c1OCc1ccccc1F. The van der Waals surface area contributed by atoms with Crippen molar-refractivity contribution in [2.24, 2.45) is 0 Å². The van der Waals surface area contributed by atoms with Crippen LogP contribution in [-0.4, -0.2) is 7.11 Å². The summed E-state index contributed by atoms with van der Waals surface area (Å²) in [4.78, 5) is 0. The molecule has 0 fully saturated rings. The van der Waals surface area contributed by atoms with Gasteiger partial charge in [0.25, 0.3) is 0 Å². The number of hydrogen-bond donors (Lipinski definition) is 0. The lowest BCUT2D eigenvalue weighted by Gasteiger charge is -2.14. The monoisotopic (exact) mass is 411 g/mol. The van der Waals surface area contributed by atoms with E-state index < -0.39 is 5.82 Å². The molecule has 0 N–H and O–H groups in total. The maximum Gasteiger partial charge on any atom is 0.180 e. The van der Waals surface area contributed by atoms with Crippen LogP contribution in [-0.2, 0) is 6.61 Å². The van der Waals surface area contributed by atoms with Crippen molar-refractivity contribution < 1.29 is 18.3 Å². The molecule has 0 aliphatic heterocycles. The Bertz CT molecular complexity index is 1110. The average Bonchev–Trinajstić information content (AvgIpc) is 2.72. The maximum absolute atomic E-state index is 14.0. The summed E-state index contributed by atoms with van der Waals surface area (Å²) in [6, 6.07) is 17.4. The Hall–Kier alpha value is -3.36. The minimum absolute atomic E-state index is 0.0311. The first-order chi connectivity index (χ1) is 14.0. The van der Waals surface area contributed by atoms with Gasteiger partial charge in [-0.25, -0.2) is 8.78 Å². The van der Waals surface area contributed by atoms with E-state index in [0.717, 1.165) is 0 Å². The van der Waals surface area contributed by atoms with Crippen LogP contribution in [0.1, 0.15) is 16.7 Å². The van der Waals surface area contributed by atoms with Crippen LogP contribution in [0.15, 0.2) is 60.7 Å². The normalized spacial score (nSPS) is 11.1. The molecule has 3 rings (SSSR count). The Labute approximate surface area is 172 Å². The number of rotatable bonds is 6. The fourth-order valence-corrected chi connectivity index (χ4v) is 3.02. The third kappa shape index (κ3) is 4.74. The van der Waals surface area contributed by atoms with E-state index in [0.29, 0.717) is 16.9 Å². The number of ether oxygens (including phenoxy) is 2. The molecule has 6 heteroatoms. The molecule has 0 aromatic heterocycles. The fraction of sp³-hybridized carbons (Fsp3) is 0.0870. The summed E-state index contributed by atoms with van der Waals surface area (Å²) in [6.45, 7) is -0.0311. The van der Waals surface area contributed by atoms with Crippen molar-refractivity contribution in [3.05, 3.63) is 94.0 Å². The molecule has 0 atom stereocenters. The van der Waals surface area contributed by atoms with Gasteiger partial charge >= 0.3 is 0 Å². The van der Waals surface area contributed by atoms with Gasteiger partial charge in [0.15, 0.2) is 11.5 Å². The molecule has 3 aromatic carbocycles. The molecule has 146 valence electrons. The zero-order chi connectivity index (χ0) is 20.8. The quantitative estimate of drug-likeness (QED) is 0.354. The molecule has 29 heavy (non-hydrogen) atoms. The summed E-state index contributed by atoms with van der Waals surface area (Å²) in [7, 11) is 1.44. The van der Waals surface area contributed by atoms with Crippen LogP contribution in [0.5, 0.6) is 11.5 Å². The largest absolute Gasteiger partial charge is 0.493 e. The van der Waals surface area contributed by atoms with Gasteiger partial charge in [0, 0.05) is 11.1 Å². The van der Waals surface area contributed by atoms with Crippen molar-refractivity contribution in [2.45, 2.75) is 6.61 Å². The van der Waals surface area contributed by atoms with Crippen LogP contribution in [0.25, 0.3) is 11.6 Å². The molecular formula is C23H16ClF2NO2. The molecule has 3 nitrogen and oxygen atoms in total. The molecule has 0 unspecified atom stereocenters. The van der Waals surface area contributed by atoms with Crippen molar-refractivity contribution in [1.29, 1.82) is 5.26 Å². The van der Waals surface area contributed by atoms with Crippen molar-refractivity contribution in [3.8, 4) is 17.6 Å². The molecule has 0 radical (unpaired) electrons. The molecular weight excluding hydrogens is 396 g/mol. The maximum atomic E-state index is 14.0. The van der Waals surface area contributed by atoms with E-state index in [1.165, 1.54) is 31.4 Å². The standard InChI is InChI=1S/C23H16ClF2NO2/c1-28-22-12-15(10-17(13-27)18-7-3-5-9-21(18)26)11-19(24)23(22)29-14-16-6-2-4-8-20(16)25/h2-12H,14H2,1H3. The fourth-order valence-electron chi connectivity index (χ4n) is 2.75. The van der Waals surface area contributed by atoms with E-state index in [2.05, 4.69) is 0 Å². The molecule has 0 amide bonds. The van der Waals surface area contributed by atoms with Gasteiger partial charge in [-0.3, -0.25) is 0 Å². The summed E-state index contributed by atoms with van der Waals surface area (Å²) in [5, 5.41) is 9.66. The van der Waals surface area contributed by atoms with Crippen LogP contribution >= 0.6 is 11.6 Å². The van der Waals surface area contributed by atoms with Gasteiger partial charge in [-0.2, -0.15) is 5.26 Å². The van der Waals surface area contributed by atoms with Crippen molar-refractivity contribution in [1.82, 2.24) is 0 Å². The van der Waals surface area contributed by atoms with E-state index in [1.54, 1.807) is 42.5 Å². The summed E-state index contributed by atoms with van der Waals surface area (Å²) in [6.07, 6.45) is 1.51. The molecule has 0 spiro atoms. The first-order valence-corrected chi connectivity index (χ1v) is 9.01. The van der Waals surface area contributed by atoms with Gasteiger partial charge in [-0.1, -0.05) is 48.0 Å². The van der Waals surface area contributed by atoms with E-state index in [9.17, 15) is 14.0 Å². The highest BCUT2D eigenvalue weighted by Crippen LogP contribution is 2.38. The van der Waals surface area contributed by atoms with E-state index in [4.69, 9.17) is 21.1 Å². The molecule has 0 aliphatic carbocycles. The second kappa shape index (κ2) is 9.22. The van der Waals surface area contributed by atoms with Crippen LogP contribution in [0.4, 0.5) is 8.78 Å². The van der Waals surface area contributed by atoms with Gasteiger partial charge < -0.3 is 9.47 Å². The third-order valence-corrected chi connectivity index (χ3v) is 4.46. The zero-order valence-electron chi connectivity index (χ0n) is 15.5. The zero-order valence-corrected chi connectivity index (χ0v) is 16.2. The first kappa shape index (κ1) is 20.4. The summed E-state index contributed by atoms with van der Waals surface area (Å²) < 4.78 is 38.8. The first-order valence-electron chi connectivity index (χ1n) is 8.64. The summed E-state index contributed by atoms with van der Waals surface area (Å²) in [5.74, 6) is -0.321. The highest BCUT2D eigenvalue weighted by molar-refractivity contribution is 6.32. The van der Waals surface area contributed by atoms with Crippen LogP contribution in [0.3, 0.4) is 0 Å². The Balaban J connectivity index is 1.93. The van der Waals surface area contributed by atoms with Crippen molar-refractivity contribution in [3.63, 3.8) is 0 Å². The molecule has 0 aliphatic rings. The van der Waals surface area contributed by atoms with Crippen molar-refractivity contribution in [2.75, 3.05) is 7.11 Å². The number of nitrogens with zero attached hydrogens (tertiary/aromatic N) is 1. The molecule has 0 bridgehead atoms. The van der Waals surface area contributed by atoms with Crippen LogP contribution in [0, 0.1) is 23.0 Å². The highest BCUT2D eigenvalue weighted by atomic mass is 35.5. The predicted molar refractivity (Wildman–Crippen MR) is 109 cm³/mol. The van der Waals surface area contributed by atoms with Crippen LogP contribution < -0.4 is 9.47 Å². The second-order valence-corrected chi connectivity index (χ2v) is 6.47. The van der Waals surface area contributed by atoms with Gasteiger partial charge in [0.1, 0.15) is 18.2 Å². The van der Waals surface area contributed by atoms with Crippen molar-refractivity contribution >= 4 is 23.3 Å². The van der Waals surface area contributed by atoms with Gasteiger partial charge in [0.2, 0.25) is 0 Å². The van der Waals surface area contributed by atoms with Gasteiger partial charge in [-0.05, 0) is 35.9 Å².